The van der Waals surface area contributed by atoms with Gasteiger partial charge in [0, 0.05) is 5.92 Å². The standard InChI is InChI=1S/C12H19N3O/c1-3-12(2,13)11-14-10(16-15-11)9-5-7-4-8(7)6-9/h7-9H,3-6,13H2,1-2H3. The molecule has 0 radical (unpaired) electrons. The molecule has 1 aromatic heterocycles. The molecule has 0 amide bonds. The number of rotatable bonds is 3. The molecule has 4 heteroatoms. The zero-order valence-electron chi connectivity index (χ0n) is 9.94. The van der Waals surface area contributed by atoms with E-state index in [-0.39, 0.29) is 0 Å². The Hall–Kier alpha value is -0.900. The molecule has 2 fully saturated rings. The van der Waals surface area contributed by atoms with Crippen molar-refractivity contribution in [3.63, 3.8) is 0 Å². The Kier molecular flexibility index (Phi) is 2.11. The average molecular weight is 221 g/mol. The van der Waals surface area contributed by atoms with Crippen molar-refractivity contribution in [3.8, 4) is 0 Å². The molecule has 2 aliphatic rings. The molecule has 3 atom stereocenters. The Morgan fingerprint density at radius 2 is 2.06 bits per heavy atom. The molecule has 88 valence electrons. The third-order valence-electron chi connectivity index (χ3n) is 4.28. The first kappa shape index (κ1) is 10.3. The van der Waals surface area contributed by atoms with Crippen LogP contribution >= 0.6 is 0 Å². The molecule has 16 heavy (non-hydrogen) atoms. The smallest absolute Gasteiger partial charge is 0.229 e. The Bertz CT molecular complexity index is 389. The molecule has 2 aliphatic carbocycles. The lowest BCUT2D eigenvalue weighted by atomic mass is 9.99. The van der Waals surface area contributed by atoms with Crippen molar-refractivity contribution in [1.29, 1.82) is 0 Å². The summed E-state index contributed by atoms with van der Waals surface area (Å²) < 4.78 is 5.36. The molecular formula is C12H19N3O. The minimum Gasteiger partial charge on any atom is -0.339 e. The van der Waals surface area contributed by atoms with Gasteiger partial charge in [0.25, 0.3) is 0 Å². The van der Waals surface area contributed by atoms with Crippen molar-refractivity contribution in [2.24, 2.45) is 17.6 Å². The number of hydrogen-bond acceptors (Lipinski definition) is 4. The minimum absolute atomic E-state index is 0.455. The van der Waals surface area contributed by atoms with E-state index in [2.05, 4.69) is 10.1 Å². The van der Waals surface area contributed by atoms with E-state index < -0.39 is 5.54 Å². The highest BCUT2D eigenvalue weighted by molar-refractivity contribution is 5.09. The Labute approximate surface area is 95.6 Å². The highest BCUT2D eigenvalue weighted by Gasteiger charge is 2.48. The van der Waals surface area contributed by atoms with Gasteiger partial charge in [-0.15, -0.1) is 0 Å². The fraction of sp³-hybridized carbons (Fsp3) is 0.833. The van der Waals surface area contributed by atoms with E-state index in [9.17, 15) is 0 Å². The summed E-state index contributed by atoms with van der Waals surface area (Å²) >= 11 is 0. The molecule has 1 aromatic rings. The first-order chi connectivity index (χ1) is 7.60. The summed E-state index contributed by atoms with van der Waals surface area (Å²) in [5.41, 5.74) is 5.65. The molecule has 3 rings (SSSR count). The Balaban J connectivity index is 1.77. The summed E-state index contributed by atoms with van der Waals surface area (Å²) in [7, 11) is 0. The Morgan fingerprint density at radius 3 is 2.69 bits per heavy atom. The van der Waals surface area contributed by atoms with E-state index >= 15 is 0 Å². The van der Waals surface area contributed by atoms with E-state index in [1.54, 1.807) is 0 Å². The van der Waals surface area contributed by atoms with E-state index in [4.69, 9.17) is 10.3 Å². The molecule has 2 saturated carbocycles. The third kappa shape index (κ3) is 1.56. The summed E-state index contributed by atoms with van der Waals surface area (Å²) in [6.07, 6.45) is 4.71. The number of nitrogens with zero attached hydrogens (tertiary/aromatic N) is 2. The van der Waals surface area contributed by atoms with Crippen LogP contribution in [0, 0.1) is 11.8 Å². The van der Waals surface area contributed by atoms with Gasteiger partial charge in [-0.3, -0.25) is 0 Å². The molecule has 0 spiro atoms. The molecular weight excluding hydrogens is 202 g/mol. The van der Waals surface area contributed by atoms with Crippen molar-refractivity contribution in [1.82, 2.24) is 10.1 Å². The molecule has 0 aromatic carbocycles. The van der Waals surface area contributed by atoms with Gasteiger partial charge in [-0.05, 0) is 44.4 Å². The largest absolute Gasteiger partial charge is 0.339 e. The first-order valence-corrected chi connectivity index (χ1v) is 6.23. The molecule has 0 saturated heterocycles. The summed E-state index contributed by atoms with van der Waals surface area (Å²) in [5, 5.41) is 4.03. The number of aromatic nitrogens is 2. The highest BCUT2D eigenvalue weighted by atomic mass is 16.5. The van der Waals surface area contributed by atoms with Crippen molar-refractivity contribution in [2.45, 2.75) is 51.0 Å². The van der Waals surface area contributed by atoms with E-state index in [0.717, 1.165) is 24.1 Å². The van der Waals surface area contributed by atoms with E-state index in [1.807, 2.05) is 13.8 Å². The van der Waals surface area contributed by atoms with Gasteiger partial charge in [-0.25, -0.2) is 0 Å². The van der Waals surface area contributed by atoms with E-state index in [1.165, 1.54) is 19.3 Å². The van der Waals surface area contributed by atoms with Crippen LogP contribution in [-0.2, 0) is 5.54 Å². The predicted molar refractivity (Wildman–Crippen MR) is 59.7 cm³/mol. The second-order valence-corrected chi connectivity index (χ2v) is 5.65. The lowest BCUT2D eigenvalue weighted by Gasteiger charge is -2.16. The summed E-state index contributed by atoms with van der Waals surface area (Å²) in [6.45, 7) is 3.99. The SMILES string of the molecule is CCC(C)(N)c1noc(C2CC3CC3C2)n1. The van der Waals surface area contributed by atoms with Crippen molar-refractivity contribution < 1.29 is 4.52 Å². The van der Waals surface area contributed by atoms with Crippen LogP contribution in [0.3, 0.4) is 0 Å². The van der Waals surface area contributed by atoms with Gasteiger partial charge in [0.15, 0.2) is 5.82 Å². The summed E-state index contributed by atoms with van der Waals surface area (Å²) in [4.78, 5) is 4.49. The zero-order chi connectivity index (χ0) is 11.3. The van der Waals surface area contributed by atoms with E-state index in [0.29, 0.717) is 11.7 Å². The molecule has 0 bridgehead atoms. The second-order valence-electron chi connectivity index (χ2n) is 5.65. The van der Waals surface area contributed by atoms with Gasteiger partial charge >= 0.3 is 0 Å². The van der Waals surface area contributed by atoms with Crippen LogP contribution in [0.15, 0.2) is 4.52 Å². The van der Waals surface area contributed by atoms with Gasteiger partial charge in [0.2, 0.25) is 5.89 Å². The lowest BCUT2D eigenvalue weighted by Crippen LogP contribution is -2.33. The van der Waals surface area contributed by atoms with Gasteiger partial charge in [-0.2, -0.15) is 4.98 Å². The van der Waals surface area contributed by atoms with Gasteiger partial charge < -0.3 is 10.3 Å². The normalized spacial score (nSPS) is 35.8. The van der Waals surface area contributed by atoms with Crippen molar-refractivity contribution in [2.75, 3.05) is 0 Å². The van der Waals surface area contributed by atoms with Crippen LogP contribution in [0.4, 0.5) is 0 Å². The Morgan fingerprint density at radius 1 is 1.38 bits per heavy atom. The van der Waals surface area contributed by atoms with Crippen LogP contribution in [-0.4, -0.2) is 10.1 Å². The summed E-state index contributed by atoms with van der Waals surface area (Å²) in [6, 6.07) is 0. The second kappa shape index (κ2) is 3.29. The topological polar surface area (TPSA) is 64.9 Å². The van der Waals surface area contributed by atoms with Crippen LogP contribution in [0.2, 0.25) is 0 Å². The van der Waals surface area contributed by atoms with Crippen LogP contribution < -0.4 is 5.73 Å². The lowest BCUT2D eigenvalue weighted by molar-refractivity contribution is 0.330. The fourth-order valence-electron chi connectivity index (χ4n) is 2.71. The maximum absolute atomic E-state index is 6.10. The number of hydrogen-bond donors (Lipinski definition) is 1. The minimum atomic E-state index is -0.455. The summed E-state index contributed by atoms with van der Waals surface area (Å²) in [5.74, 6) is 3.85. The van der Waals surface area contributed by atoms with Crippen LogP contribution in [0.25, 0.3) is 0 Å². The molecule has 1 heterocycles. The third-order valence-corrected chi connectivity index (χ3v) is 4.28. The number of fused-ring (bicyclic) bond motifs is 1. The van der Waals surface area contributed by atoms with Gasteiger partial charge in [0.05, 0.1) is 5.54 Å². The van der Waals surface area contributed by atoms with Crippen LogP contribution in [0.5, 0.6) is 0 Å². The maximum atomic E-state index is 6.10. The molecule has 4 nitrogen and oxygen atoms in total. The monoisotopic (exact) mass is 221 g/mol. The molecule has 3 unspecified atom stereocenters. The average Bonchev–Trinajstić information content (AvgIpc) is 2.75. The predicted octanol–water partition coefficient (Wildman–Crippen LogP) is 2.17. The quantitative estimate of drug-likeness (QED) is 0.849. The molecule has 2 N–H and O–H groups in total. The van der Waals surface area contributed by atoms with Crippen molar-refractivity contribution >= 4 is 0 Å². The number of nitrogens with two attached hydrogens (primary N) is 1. The zero-order valence-corrected chi connectivity index (χ0v) is 9.94. The maximum Gasteiger partial charge on any atom is 0.229 e. The first-order valence-electron chi connectivity index (χ1n) is 6.23. The van der Waals surface area contributed by atoms with Gasteiger partial charge in [-0.1, -0.05) is 12.1 Å². The highest BCUT2D eigenvalue weighted by Crippen LogP contribution is 2.57. The molecule has 0 aliphatic heterocycles. The van der Waals surface area contributed by atoms with Gasteiger partial charge in [0.1, 0.15) is 0 Å². The van der Waals surface area contributed by atoms with Crippen LogP contribution in [0.1, 0.15) is 57.2 Å². The van der Waals surface area contributed by atoms with Crippen molar-refractivity contribution in [3.05, 3.63) is 11.7 Å². The fourth-order valence-corrected chi connectivity index (χ4v) is 2.71.